The molecule has 0 amide bonds. The molecule has 8 heteroatoms. The molecule has 0 aliphatic carbocycles. The molecule has 0 aromatic carbocycles. The molecular formula is C17H29N3O5. The van der Waals surface area contributed by atoms with Gasteiger partial charge >= 0.3 is 11.9 Å². The summed E-state index contributed by atoms with van der Waals surface area (Å²) >= 11 is 0. The first-order chi connectivity index (χ1) is 11.7. The molecule has 0 unspecified atom stereocenters. The molecule has 0 atom stereocenters. The molecular weight excluding hydrogens is 326 g/mol. The Kier molecular flexibility index (Phi) is 8.02. The summed E-state index contributed by atoms with van der Waals surface area (Å²) in [5, 5.41) is 8.07. The number of hydrogen-bond acceptors (Lipinski definition) is 7. The maximum Gasteiger partial charge on any atom is 0.320 e. The van der Waals surface area contributed by atoms with Crippen molar-refractivity contribution in [1.29, 1.82) is 0 Å². The van der Waals surface area contributed by atoms with Crippen LogP contribution in [0.2, 0.25) is 0 Å². The Morgan fingerprint density at radius 3 is 2.32 bits per heavy atom. The quantitative estimate of drug-likeness (QED) is 0.465. The van der Waals surface area contributed by atoms with E-state index in [1.165, 1.54) is 14.2 Å². The third-order valence-electron chi connectivity index (χ3n) is 3.70. The van der Waals surface area contributed by atoms with Gasteiger partial charge in [-0.25, -0.2) is 4.68 Å². The number of methoxy groups -OCH3 is 2. The van der Waals surface area contributed by atoms with Gasteiger partial charge in [0.05, 0.1) is 32.1 Å². The Morgan fingerprint density at radius 2 is 1.80 bits per heavy atom. The van der Waals surface area contributed by atoms with Crippen molar-refractivity contribution in [2.45, 2.75) is 52.7 Å². The fourth-order valence-electron chi connectivity index (χ4n) is 2.27. The van der Waals surface area contributed by atoms with Crippen LogP contribution in [0.1, 0.15) is 39.8 Å². The van der Waals surface area contributed by atoms with Crippen LogP contribution >= 0.6 is 0 Å². The molecule has 142 valence electrons. The lowest BCUT2D eigenvalue weighted by Gasteiger charge is -2.25. The fraction of sp³-hybridized carbons (Fsp3) is 0.765. The summed E-state index contributed by atoms with van der Waals surface area (Å²) in [6.45, 7) is 9.47. The van der Waals surface area contributed by atoms with E-state index in [-0.39, 0.29) is 6.42 Å². The topological polar surface area (TPSA) is 92.5 Å². The molecule has 8 nitrogen and oxygen atoms in total. The summed E-state index contributed by atoms with van der Waals surface area (Å²) in [5.41, 5.74) is 0.114. The van der Waals surface area contributed by atoms with Gasteiger partial charge in [0.2, 0.25) is 0 Å². The fourth-order valence-corrected chi connectivity index (χ4v) is 2.27. The van der Waals surface area contributed by atoms with E-state index in [4.69, 9.17) is 4.74 Å². The smallest absolute Gasteiger partial charge is 0.320 e. The maximum absolute atomic E-state index is 11.7. The molecule has 1 heterocycles. The maximum atomic E-state index is 11.7. The second-order valence-corrected chi connectivity index (χ2v) is 7.00. The van der Waals surface area contributed by atoms with Gasteiger partial charge in [0.15, 0.2) is 5.92 Å². The molecule has 1 aromatic heterocycles. The van der Waals surface area contributed by atoms with Gasteiger partial charge in [0, 0.05) is 19.2 Å². The Bertz CT molecular complexity index is 552. The van der Waals surface area contributed by atoms with E-state index in [0.717, 1.165) is 6.42 Å². The minimum Gasteiger partial charge on any atom is -0.468 e. The summed E-state index contributed by atoms with van der Waals surface area (Å²) in [6.07, 6.45) is 2.77. The normalized spacial score (nSPS) is 11.8. The summed E-state index contributed by atoms with van der Waals surface area (Å²) < 4.78 is 16.8. The monoisotopic (exact) mass is 355 g/mol. The first-order valence-corrected chi connectivity index (χ1v) is 8.37. The average Bonchev–Trinajstić information content (AvgIpc) is 2.96. The van der Waals surface area contributed by atoms with Crippen LogP contribution in [-0.2, 0) is 36.8 Å². The predicted molar refractivity (Wildman–Crippen MR) is 90.7 cm³/mol. The van der Waals surface area contributed by atoms with E-state index >= 15 is 0 Å². The second-order valence-electron chi connectivity index (χ2n) is 7.00. The zero-order chi connectivity index (χ0) is 19.0. The van der Waals surface area contributed by atoms with Crippen LogP contribution in [0.5, 0.6) is 0 Å². The lowest BCUT2D eigenvalue weighted by atomic mass is 10.0. The van der Waals surface area contributed by atoms with Crippen LogP contribution in [0.3, 0.4) is 0 Å². The molecule has 0 aliphatic heterocycles. The Hall–Kier alpha value is -1.96. The van der Waals surface area contributed by atoms with Gasteiger partial charge in [0.1, 0.15) is 0 Å². The molecule has 0 aliphatic rings. The van der Waals surface area contributed by atoms with Crippen molar-refractivity contribution in [3.63, 3.8) is 0 Å². The first-order valence-electron chi connectivity index (χ1n) is 8.37. The average molecular weight is 355 g/mol. The Labute approximate surface area is 148 Å². The lowest BCUT2D eigenvalue weighted by molar-refractivity contribution is -0.158. The van der Waals surface area contributed by atoms with E-state index in [1.807, 2.05) is 13.8 Å². The lowest BCUT2D eigenvalue weighted by Crippen LogP contribution is -2.31. The highest BCUT2D eigenvalue weighted by atomic mass is 16.5. The van der Waals surface area contributed by atoms with Gasteiger partial charge < -0.3 is 14.2 Å². The van der Waals surface area contributed by atoms with Gasteiger partial charge in [-0.2, -0.15) is 0 Å². The number of ether oxygens (including phenoxy) is 3. The molecule has 1 rings (SSSR count). The molecule has 1 aromatic rings. The molecule has 0 spiro atoms. The third kappa shape index (κ3) is 7.21. The number of hydrogen-bond donors (Lipinski definition) is 0. The number of aromatic nitrogens is 3. The van der Waals surface area contributed by atoms with Crippen LogP contribution in [0.15, 0.2) is 6.20 Å². The van der Waals surface area contributed by atoms with Crippen LogP contribution in [0.25, 0.3) is 0 Å². The predicted octanol–water partition coefficient (Wildman–Crippen LogP) is 1.62. The van der Waals surface area contributed by atoms with Gasteiger partial charge in [-0.15, -0.1) is 5.10 Å². The van der Waals surface area contributed by atoms with Crippen molar-refractivity contribution in [3.05, 3.63) is 11.9 Å². The molecule has 0 bridgehead atoms. The van der Waals surface area contributed by atoms with Gasteiger partial charge in [-0.05, 0) is 26.2 Å². The standard InChI is InChI=1S/C17H29N3O5/c1-12(2)7-8-25-17(3,4)11-20-10-13(18-19-20)9-14(15(21)23-5)16(22)24-6/h10,12,14H,7-9,11H2,1-6H3. The van der Waals surface area contributed by atoms with E-state index in [0.29, 0.717) is 24.8 Å². The van der Waals surface area contributed by atoms with Gasteiger partial charge in [0.25, 0.3) is 0 Å². The summed E-state index contributed by atoms with van der Waals surface area (Å²) in [7, 11) is 2.46. The molecule has 0 radical (unpaired) electrons. The number of rotatable bonds is 10. The Balaban J connectivity index is 2.68. The van der Waals surface area contributed by atoms with Crippen LogP contribution < -0.4 is 0 Å². The van der Waals surface area contributed by atoms with Crippen molar-refractivity contribution in [2.75, 3.05) is 20.8 Å². The highest BCUT2D eigenvalue weighted by Crippen LogP contribution is 2.15. The number of nitrogens with zero attached hydrogens (tertiary/aromatic N) is 3. The van der Waals surface area contributed by atoms with Crippen LogP contribution in [-0.4, -0.2) is 53.4 Å². The first kappa shape index (κ1) is 21.1. The van der Waals surface area contributed by atoms with Crippen molar-refractivity contribution in [1.82, 2.24) is 15.0 Å². The molecule has 0 N–H and O–H groups in total. The van der Waals surface area contributed by atoms with Crippen LogP contribution in [0.4, 0.5) is 0 Å². The molecule has 25 heavy (non-hydrogen) atoms. The van der Waals surface area contributed by atoms with E-state index in [1.54, 1.807) is 10.9 Å². The molecule has 0 saturated heterocycles. The van der Waals surface area contributed by atoms with Crippen LogP contribution in [0, 0.1) is 11.8 Å². The minimum absolute atomic E-state index is 0.0774. The summed E-state index contributed by atoms with van der Waals surface area (Å²) in [6, 6.07) is 0. The largest absolute Gasteiger partial charge is 0.468 e. The van der Waals surface area contributed by atoms with E-state index < -0.39 is 23.5 Å². The number of esters is 2. The van der Waals surface area contributed by atoms with Crippen molar-refractivity contribution in [3.8, 4) is 0 Å². The SMILES string of the molecule is COC(=O)C(Cc1cn(CC(C)(C)OCCC(C)C)nn1)C(=O)OC. The van der Waals surface area contributed by atoms with Gasteiger partial charge in [-0.1, -0.05) is 19.1 Å². The van der Waals surface area contributed by atoms with E-state index in [9.17, 15) is 9.59 Å². The molecule has 0 saturated carbocycles. The number of carbonyl (C=O) groups excluding carboxylic acids is 2. The van der Waals surface area contributed by atoms with Gasteiger partial charge in [-0.3, -0.25) is 9.59 Å². The van der Waals surface area contributed by atoms with Crippen molar-refractivity contribution >= 4 is 11.9 Å². The van der Waals surface area contributed by atoms with E-state index in [2.05, 4.69) is 33.6 Å². The zero-order valence-corrected chi connectivity index (χ0v) is 15.9. The highest BCUT2D eigenvalue weighted by Gasteiger charge is 2.30. The van der Waals surface area contributed by atoms with Crippen molar-refractivity contribution < 1.29 is 23.8 Å². The zero-order valence-electron chi connectivity index (χ0n) is 15.9. The highest BCUT2D eigenvalue weighted by molar-refractivity contribution is 5.95. The summed E-state index contributed by atoms with van der Waals surface area (Å²) in [5.74, 6) is -1.77. The minimum atomic E-state index is -1.05. The van der Waals surface area contributed by atoms with Crippen molar-refractivity contribution in [2.24, 2.45) is 11.8 Å². The summed E-state index contributed by atoms with van der Waals surface area (Å²) in [4.78, 5) is 23.5. The molecule has 0 fully saturated rings. The Morgan fingerprint density at radius 1 is 1.20 bits per heavy atom. The third-order valence-corrected chi connectivity index (χ3v) is 3.70. The second kappa shape index (κ2) is 9.50. The number of carbonyl (C=O) groups is 2.